The van der Waals surface area contributed by atoms with Gasteiger partial charge in [0, 0.05) is 23.5 Å². The summed E-state index contributed by atoms with van der Waals surface area (Å²) in [4.78, 5) is 18.7. The van der Waals surface area contributed by atoms with E-state index in [-0.39, 0.29) is 22.1 Å². The quantitative estimate of drug-likeness (QED) is 0.749. The number of rotatable bonds is 5. The minimum Gasteiger partial charge on any atom is -0.495 e. The predicted octanol–water partition coefficient (Wildman–Crippen LogP) is 3.85. The van der Waals surface area contributed by atoms with Crippen molar-refractivity contribution in [1.29, 1.82) is 0 Å². The number of thiazole rings is 1. The fraction of sp³-hybridized carbons (Fsp3) is 0.524. The molecule has 7 nitrogen and oxygen atoms in total. The number of hydrogen-bond acceptors (Lipinski definition) is 6. The fourth-order valence-electron chi connectivity index (χ4n) is 4.02. The van der Waals surface area contributed by atoms with E-state index < -0.39 is 10.0 Å². The summed E-state index contributed by atoms with van der Waals surface area (Å²) in [7, 11) is -2.30. The van der Waals surface area contributed by atoms with Crippen LogP contribution in [0.4, 0.5) is 5.13 Å². The number of sulfonamides is 1. The van der Waals surface area contributed by atoms with Crippen molar-refractivity contribution in [3.8, 4) is 5.75 Å². The highest BCUT2D eigenvalue weighted by Crippen LogP contribution is 2.32. The van der Waals surface area contributed by atoms with Crippen LogP contribution in [0.25, 0.3) is 0 Å². The van der Waals surface area contributed by atoms with Gasteiger partial charge in [0.2, 0.25) is 10.0 Å². The van der Waals surface area contributed by atoms with Crippen LogP contribution in [0.3, 0.4) is 0 Å². The second kappa shape index (κ2) is 9.03. The number of ether oxygens (including phenoxy) is 1. The first-order valence-electron chi connectivity index (χ1n) is 10.5. The summed E-state index contributed by atoms with van der Waals surface area (Å²) in [6, 6.07) is 4.55. The lowest BCUT2D eigenvalue weighted by Gasteiger charge is -2.21. The van der Waals surface area contributed by atoms with Crippen molar-refractivity contribution in [2.75, 3.05) is 25.5 Å². The third-order valence-electron chi connectivity index (χ3n) is 5.67. The third-order valence-corrected chi connectivity index (χ3v) is 8.67. The van der Waals surface area contributed by atoms with Gasteiger partial charge in [-0.3, -0.25) is 10.1 Å². The number of aryl methyl sites for hydroxylation is 2. The van der Waals surface area contributed by atoms with Gasteiger partial charge in [0.25, 0.3) is 5.91 Å². The van der Waals surface area contributed by atoms with Crippen molar-refractivity contribution in [1.82, 2.24) is 9.29 Å². The number of hydrogen-bond donors (Lipinski definition) is 1. The van der Waals surface area contributed by atoms with Gasteiger partial charge in [0.05, 0.1) is 12.8 Å². The first kappa shape index (κ1) is 21.3. The van der Waals surface area contributed by atoms with Gasteiger partial charge in [0.15, 0.2) is 5.13 Å². The molecule has 1 aliphatic carbocycles. The molecule has 4 rings (SSSR count). The van der Waals surface area contributed by atoms with Gasteiger partial charge in [-0.1, -0.05) is 12.8 Å². The number of fused-ring (bicyclic) bond motifs is 1. The van der Waals surface area contributed by atoms with Gasteiger partial charge >= 0.3 is 0 Å². The van der Waals surface area contributed by atoms with Crippen LogP contribution in [0.15, 0.2) is 23.1 Å². The molecule has 1 amide bonds. The minimum absolute atomic E-state index is 0.0398. The number of amides is 1. The molecule has 2 heterocycles. The van der Waals surface area contributed by atoms with Crippen molar-refractivity contribution >= 4 is 32.4 Å². The van der Waals surface area contributed by atoms with Crippen molar-refractivity contribution < 1.29 is 17.9 Å². The molecule has 0 radical (unpaired) electrons. The summed E-state index contributed by atoms with van der Waals surface area (Å²) in [6.07, 6.45) is 7.98. The van der Waals surface area contributed by atoms with E-state index in [0.717, 1.165) is 57.1 Å². The number of benzene rings is 1. The van der Waals surface area contributed by atoms with Gasteiger partial charge in [-0.05, 0) is 56.7 Å². The first-order valence-corrected chi connectivity index (χ1v) is 12.7. The molecule has 0 spiro atoms. The first-order chi connectivity index (χ1) is 14.5. The number of carbonyl (C=O) groups excluding carboxylic acids is 1. The van der Waals surface area contributed by atoms with Crippen LogP contribution in [0, 0.1) is 0 Å². The molecule has 30 heavy (non-hydrogen) atoms. The Morgan fingerprint density at radius 1 is 1.10 bits per heavy atom. The van der Waals surface area contributed by atoms with Gasteiger partial charge in [-0.2, -0.15) is 4.31 Å². The Bertz CT molecular complexity index is 1000. The number of nitrogens with one attached hydrogen (secondary N) is 1. The zero-order valence-electron chi connectivity index (χ0n) is 17.1. The largest absolute Gasteiger partial charge is 0.495 e. The second-order valence-corrected chi connectivity index (χ2v) is 10.7. The van der Waals surface area contributed by atoms with Gasteiger partial charge in [-0.15, -0.1) is 11.3 Å². The summed E-state index contributed by atoms with van der Waals surface area (Å²) >= 11 is 1.51. The standard InChI is InChI=1S/C21H27N3O4S2/c1-28-17-11-10-15(14-19(17)30(26,27)24-12-6-2-3-7-13-24)20(25)23-21-22-16-8-4-5-9-18(16)29-21/h10-11,14H,2-9,12-13H2,1H3,(H,22,23,25). The number of carbonyl (C=O) groups is 1. The van der Waals surface area contributed by atoms with Crippen molar-refractivity contribution in [2.45, 2.75) is 56.3 Å². The van der Waals surface area contributed by atoms with Crippen molar-refractivity contribution in [2.24, 2.45) is 0 Å². The molecule has 0 atom stereocenters. The van der Waals surface area contributed by atoms with E-state index in [1.807, 2.05) is 0 Å². The highest BCUT2D eigenvalue weighted by Gasteiger charge is 2.29. The van der Waals surface area contributed by atoms with Crippen LogP contribution < -0.4 is 10.1 Å². The SMILES string of the molecule is COc1ccc(C(=O)Nc2nc3c(s2)CCCC3)cc1S(=O)(=O)N1CCCCCC1. The maximum atomic E-state index is 13.3. The highest BCUT2D eigenvalue weighted by atomic mass is 32.2. The lowest BCUT2D eigenvalue weighted by molar-refractivity contribution is 0.102. The van der Waals surface area contributed by atoms with E-state index in [1.54, 1.807) is 12.1 Å². The van der Waals surface area contributed by atoms with E-state index in [4.69, 9.17) is 4.74 Å². The molecule has 0 unspecified atom stereocenters. The molecule has 1 fully saturated rings. The van der Waals surface area contributed by atoms with Crippen LogP contribution in [-0.2, 0) is 22.9 Å². The Morgan fingerprint density at radius 3 is 2.53 bits per heavy atom. The number of nitrogens with zero attached hydrogens (tertiary/aromatic N) is 2. The summed E-state index contributed by atoms with van der Waals surface area (Å²) < 4.78 is 33.4. The van der Waals surface area contributed by atoms with E-state index in [1.165, 1.54) is 33.7 Å². The third kappa shape index (κ3) is 4.38. The molecular weight excluding hydrogens is 422 g/mol. The Hall–Kier alpha value is -1.97. The molecule has 9 heteroatoms. The van der Waals surface area contributed by atoms with Crippen LogP contribution >= 0.6 is 11.3 Å². The van der Waals surface area contributed by atoms with Crippen LogP contribution in [0.2, 0.25) is 0 Å². The van der Waals surface area contributed by atoms with Crippen LogP contribution in [0.5, 0.6) is 5.75 Å². The molecule has 1 aromatic heterocycles. The van der Waals surface area contributed by atoms with Gasteiger partial charge < -0.3 is 4.74 Å². The fourth-order valence-corrected chi connectivity index (χ4v) is 6.76. The average Bonchev–Trinajstić information content (AvgIpc) is 2.95. The molecular formula is C21H27N3O4S2. The zero-order chi connectivity index (χ0) is 21.1. The molecule has 0 bridgehead atoms. The smallest absolute Gasteiger partial charge is 0.257 e. The molecule has 1 aromatic carbocycles. The Labute approximate surface area is 181 Å². The highest BCUT2D eigenvalue weighted by molar-refractivity contribution is 7.89. The van der Waals surface area contributed by atoms with Gasteiger partial charge in [-0.25, -0.2) is 13.4 Å². The molecule has 1 aliphatic heterocycles. The Balaban J connectivity index is 1.60. The molecule has 2 aliphatic rings. The average molecular weight is 450 g/mol. The second-order valence-electron chi connectivity index (χ2n) is 7.73. The normalized spacial score (nSPS) is 17.8. The van der Waals surface area contributed by atoms with Crippen molar-refractivity contribution in [3.63, 3.8) is 0 Å². The molecule has 2 aromatic rings. The summed E-state index contributed by atoms with van der Waals surface area (Å²) in [5, 5.41) is 3.41. The van der Waals surface area contributed by atoms with Crippen LogP contribution in [0.1, 0.15) is 59.5 Å². The van der Waals surface area contributed by atoms with E-state index >= 15 is 0 Å². The zero-order valence-corrected chi connectivity index (χ0v) is 18.8. The van der Waals surface area contributed by atoms with Crippen molar-refractivity contribution in [3.05, 3.63) is 34.3 Å². The summed E-state index contributed by atoms with van der Waals surface area (Å²) in [5.74, 6) is -0.114. The van der Waals surface area contributed by atoms with Crippen LogP contribution in [-0.4, -0.2) is 43.8 Å². The Kier molecular flexibility index (Phi) is 6.40. The lowest BCUT2D eigenvalue weighted by Crippen LogP contribution is -2.32. The molecule has 1 N–H and O–H groups in total. The molecule has 1 saturated heterocycles. The van der Waals surface area contributed by atoms with E-state index in [0.29, 0.717) is 18.2 Å². The lowest BCUT2D eigenvalue weighted by atomic mass is 10.0. The van der Waals surface area contributed by atoms with Gasteiger partial charge in [0.1, 0.15) is 10.6 Å². The molecule has 0 saturated carbocycles. The summed E-state index contributed by atoms with van der Waals surface area (Å²) in [6.45, 7) is 0.985. The molecule has 162 valence electrons. The number of anilines is 1. The predicted molar refractivity (Wildman–Crippen MR) is 117 cm³/mol. The number of aromatic nitrogens is 1. The maximum Gasteiger partial charge on any atom is 0.257 e. The topological polar surface area (TPSA) is 88.6 Å². The minimum atomic E-state index is -3.74. The monoisotopic (exact) mass is 449 g/mol. The van der Waals surface area contributed by atoms with E-state index in [9.17, 15) is 13.2 Å². The Morgan fingerprint density at radius 2 is 1.83 bits per heavy atom. The summed E-state index contributed by atoms with van der Waals surface area (Å²) in [5.41, 5.74) is 1.35. The number of methoxy groups -OCH3 is 1. The maximum absolute atomic E-state index is 13.3. The van der Waals surface area contributed by atoms with E-state index in [2.05, 4.69) is 10.3 Å².